The van der Waals surface area contributed by atoms with Crippen LogP contribution in [0.4, 0.5) is 4.79 Å². The molecule has 1 fully saturated rings. The van der Waals surface area contributed by atoms with Gasteiger partial charge in [-0.3, -0.25) is 0 Å². The Balaban J connectivity index is 1.72. The Hall–Kier alpha value is -2.38. The minimum absolute atomic E-state index is 0.0469. The molecule has 0 radical (unpaired) electrons. The van der Waals surface area contributed by atoms with Crippen molar-refractivity contribution in [2.75, 3.05) is 7.05 Å². The van der Waals surface area contributed by atoms with Gasteiger partial charge in [-0.15, -0.1) is 0 Å². The van der Waals surface area contributed by atoms with Crippen LogP contribution < -0.4 is 14.8 Å². The topological polar surface area (TPSA) is 84.5 Å². The number of nitrogens with one attached hydrogen (secondary N) is 2. The van der Waals surface area contributed by atoms with Crippen molar-refractivity contribution in [2.24, 2.45) is 0 Å². The van der Waals surface area contributed by atoms with Crippen molar-refractivity contribution in [2.45, 2.75) is 50.3 Å². The van der Waals surface area contributed by atoms with E-state index in [9.17, 15) is 13.2 Å². The highest BCUT2D eigenvalue weighted by Gasteiger charge is 2.32. The zero-order chi connectivity index (χ0) is 21.0. The highest BCUT2D eigenvalue weighted by atomic mass is 32.2. The molecule has 0 saturated heterocycles. The second-order valence-electron chi connectivity index (χ2n) is 7.64. The number of sulfonamides is 1. The predicted molar refractivity (Wildman–Crippen MR) is 115 cm³/mol. The van der Waals surface area contributed by atoms with Crippen LogP contribution in [0.1, 0.15) is 44.6 Å². The Morgan fingerprint density at radius 3 is 2.14 bits per heavy atom. The van der Waals surface area contributed by atoms with Gasteiger partial charge in [0.1, 0.15) is 5.75 Å². The molecule has 1 saturated carbocycles. The van der Waals surface area contributed by atoms with Gasteiger partial charge >= 0.3 is 6.09 Å². The second-order valence-corrected chi connectivity index (χ2v) is 9.91. The maximum absolute atomic E-state index is 12.3. The number of benzene rings is 2. The highest BCUT2D eigenvalue weighted by molar-refractivity contribution is 7.90. The zero-order valence-corrected chi connectivity index (χ0v) is 17.8. The third-order valence-corrected chi connectivity index (χ3v) is 7.27. The molecular formula is C22H28N2O4S. The summed E-state index contributed by atoms with van der Waals surface area (Å²) in [6.45, 7) is 3.40. The lowest BCUT2D eigenvalue weighted by molar-refractivity contribution is 0.203. The lowest BCUT2D eigenvalue weighted by Crippen LogP contribution is -2.40. The van der Waals surface area contributed by atoms with E-state index >= 15 is 0 Å². The summed E-state index contributed by atoms with van der Waals surface area (Å²) < 4.78 is 32.5. The molecule has 0 unspecified atom stereocenters. The molecule has 0 aliphatic heterocycles. The van der Waals surface area contributed by atoms with Crippen molar-refractivity contribution in [3.05, 3.63) is 54.1 Å². The van der Waals surface area contributed by atoms with Gasteiger partial charge in [-0.1, -0.05) is 42.8 Å². The lowest BCUT2D eigenvalue weighted by Gasteiger charge is -2.23. The van der Waals surface area contributed by atoms with Gasteiger partial charge in [0.15, 0.2) is 0 Å². The van der Waals surface area contributed by atoms with Crippen LogP contribution in [0.15, 0.2) is 48.5 Å². The Labute approximate surface area is 172 Å². The normalized spacial score (nSPS) is 19.3. The first-order valence-electron chi connectivity index (χ1n) is 9.91. The summed E-state index contributed by atoms with van der Waals surface area (Å²) in [5, 5.41) is 1.98. The van der Waals surface area contributed by atoms with E-state index < -0.39 is 21.4 Å². The van der Waals surface area contributed by atoms with E-state index in [1.54, 1.807) is 26.0 Å². The Kier molecular flexibility index (Phi) is 6.59. The highest BCUT2D eigenvalue weighted by Crippen LogP contribution is 2.36. The molecule has 29 heavy (non-hydrogen) atoms. The monoisotopic (exact) mass is 416 g/mol. The maximum Gasteiger partial charge on any atom is 0.412 e. The molecular weight excluding hydrogens is 388 g/mol. The quantitative estimate of drug-likeness (QED) is 0.744. The Morgan fingerprint density at radius 2 is 1.59 bits per heavy atom. The summed E-state index contributed by atoms with van der Waals surface area (Å²) >= 11 is 0. The van der Waals surface area contributed by atoms with Crippen LogP contribution in [-0.2, 0) is 10.0 Å². The largest absolute Gasteiger partial charge is 0.412 e. The van der Waals surface area contributed by atoms with E-state index in [-0.39, 0.29) is 12.0 Å². The van der Waals surface area contributed by atoms with Crippen LogP contribution in [0.5, 0.6) is 5.75 Å². The van der Waals surface area contributed by atoms with E-state index in [0.29, 0.717) is 5.75 Å². The van der Waals surface area contributed by atoms with Crippen LogP contribution in [0.25, 0.3) is 11.1 Å². The summed E-state index contributed by atoms with van der Waals surface area (Å²) in [5.41, 5.74) is 3.23. The number of amides is 1. The van der Waals surface area contributed by atoms with Crippen LogP contribution in [0, 0.1) is 0 Å². The van der Waals surface area contributed by atoms with E-state index in [2.05, 4.69) is 34.3 Å². The van der Waals surface area contributed by atoms with Crippen molar-refractivity contribution in [1.29, 1.82) is 0 Å². The second kappa shape index (κ2) is 8.97. The summed E-state index contributed by atoms with van der Waals surface area (Å²) in [6, 6.07) is 15.5. The average Bonchev–Trinajstić information content (AvgIpc) is 3.16. The minimum atomic E-state index is -3.28. The third-order valence-electron chi connectivity index (χ3n) is 5.39. The maximum atomic E-state index is 12.3. The fourth-order valence-electron chi connectivity index (χ4n) is 3.64. The van der Waals surface area contributed by atoms with Crippen molar-refractivity contribution >= 4 is 16.1 Å². The number of hydrogen-bond acceptors (Lipinski definition) is 4. The Bertz CT molecular complexity index is 938. The van der Waals surface area contributed by atoms with Gasteiger partial charge in [-0.25, -0.2) is 17.9 Å². The average molecular weight is 417 g/mol. The fraction of sp³-hybridized carbons (Fsp3) is 0.409. The number of carbonyl (C=O) groups excluding carboxylic acids is 1. The minimum Gasteiger partial charge on any atom is -0.410 e. The van der Waals surface area contributed by atoms with Gasteiger partial charge in [0.05, 0.1) is 5.25 Å². The van der Waals surface area contributed by atoms with Crippen LogP contribution in [0.3, 0.4) is 0 Å². The van der Waals surface area contributed by atoms with Crippen LogP contribution in [-0.4, -0.2) is 32.9 Å². The smallest absolute Gasteiger partial charge is 0.410 e. The Morgan fingerprint density at radius 1 is 1.00 bits per heavy atom. The summed E-state index contributed by atoms with van der Waals surface area (Å²) in [7, 11) is -1.76. The molecule has 1 aliphatic rings. The number of carbonyl (C=O) groups is 1. The number of ether oxygens (including phenoxy) is 1. The molecule has 2 N–H and O–H groups in total. The first-order valence-corrected chi connectivity index (χ1v) is 11.5. The van der Waals surface area contributed by atoms with E-state index in [1.165, 1.54) is 7.05 Å². The first-order chi connectivity index (χ1) is 13.8. The van der Waals surface area contributed by atoms with E-state index in [1.807, 2.05) is 12.1 Å². The van der Waals surface area contributed by atoms with Gasteiger partial charge in [0, 0.05) is 19.0 Å². The number of rotatable bonds is 6. The van der Waals surface area contributed by atoms with Gasteiger partial charge in [-0.05, 0) is 55.5 Å². The molecule has 0 heterocycles. The molecule has 0 bridgehead atoms. The number of hydrogen-bond donors (Lipinski definition) is 2. The van der Waals surface area contributed by atoms with Gasteiger partial charge in [0.2, 0.25) is 10.0 Å². The van der Waals surface area contributed by atoms with E-state index in [0.717, 1.165) is 36.0 Å². The molecule has 3 rings (SSSR count). The van der Waals surface area contributed by atoms with Crippen LogP contribution in [0.2, 0.25) is 0 Å². The van der Waals surface area contributed by atoms with Crippen molar-refractivity contribution in [3.8, 4) is 16.9 Å². The molecule has 6 nitrogen and oxygen atoms in total. The summed E-state index contributed by atoms with van der Waals surface area (Å²) in [6.07, 6.45) is 2.37. The third kappa shape index (κ3) is 5.16. The first kappa shape index (κ1) is 21.3. The van der Waals surface area contributed by atoms with Crippen LogP contribution >= 0.6 is 0 Å². The van der Waals surface area contributed by atoms with Crippen molar-refractivity contribution in [1.82, 2.24) is 10.0 Å². The molecule has 156 valence electrons. The molecule has 2 aromatic carbocycles. The molecule has 0 aromatic heterocycles. The molecule has 2 atom stereocenters. The van der Waals surface area contributed by atoms with Crippen molar-refractivity contribution < 1.29 is 17.9 Å². The van der Waals surface area contributed by atoms with Gasteiger partial charge in [-0.2, -0.15) is 0 Å². The molecule has 1 amide bonds. The molecule has 7 heteroatoms. The summed E-state index contributed by atoms with van der Waals surface area (Å²) in [5.74, 6) is 0.678. The SMILES string of the molecule is CNC(=O)Oc1ccc(-c2ccc([C@H]3CCC[C@H]3NS(=O)(=O)C(C)C)cc2)cc1. The lowest BCUT2D eigenvalue weighted by atomic mass is 9.93. The predicted octanol–water partition coefficient (Wildman–Crippen LogP) is 4.04. The van der Waals surface area contributed by atoms with Gasteiger partial charge < -0.3 is 10.1 Å². The molecule has 0 spiro atoms. The standard InChI is InChI=1S/C22H28N2O4S/c1-15(2)29(26,27)24-21-6-4-5-20(21)18-9-7-16(8-10-18)17-11-13-19(14-12-17)28-22(25)23-3/h7-15,20-21,24H,4-6H2,1-3H3,(H,23,25)/t20-,21-/m1/s1. The molecule has 1 aliphatic carbocycles. The molecule has 2 aromatic rings. The van der Waals surface area contributed by atoms with E-state index in [4.69, 9.17) is 4.74 Å². The van der Waals surface area contributed by atoms with Crippen molar-refractivity contribution in [3.63, 3.8) is 0 Å². The fourth-order valence-corrected chi connectivity index (χ4v) is 4.62. The zero-order valence-electron chi connectivity index (χ0n) is 17.0. The summed E-state index contributed by atoms with van der Waals surface area (Å²) in [4.78, 5) is 11.3. The van der Waals surface area contributed by atoms with Gasteiger partial charge in [0.25, 0.3) is 0 Å².